The summed E-state index contributed by atoms with van der Waals surface area (Å²) in [7, 11) is 0. The molecule has 1 rings (SSSR count). The van der Waals surface area contributed by atoms with Crippen molar-refractivity contribution < 1.29 is 5.11 Å². The second-order valence-electron chi connectivity index (χ2n) is 5.01. The van der Waals surface area contributed by atoms with Crippen molar-refractivity contribution in [2.24, 2.45) is 5.92 Å². The summed E-state index contributed by atoms with van der Waals surface area (Å²) in [5, 5.41) is 14.6. The predicted octanol–water partition coefficient (Wildman–Crippen LogP) is 2.81. The molecule has 104 valence electrons. The molecule has 1 aromatic heterocycles. The zero-order valence-corrected chi connectivity index (χ0v) is 12.0. The van der Waals surface area contributed by atoms with Crippen LogP contribution in [0.4, 0.5) is 0 Å². The quantitative estimate of drug-likeness (QED) is 0.736. The summed E-state index contributed by atoms with van der Waals surface area (Å²) in [4.78, 5) is 4.27. The summed E-state index contributed by atoms with van der Waals surface area (Å²) in [5.74, 6) is 1.31. The highest BCUT2D eigenvalue weighted by atomic mass is 16.3. The van der Waals surface area contributed by atoms with Crippen LogP contribution in [0.25, 0.3) is 0 Å². The molecule has 1 aromatic rings. The highest BCUT2D eigenvalue weighted by Crippen LogP contribution is 2.20. The Morgan fingerprint density at radius 2 is 1.83 bits per heavy atom. The van der Waals surface area contributed by atoms with E-state index in [0.717, 1.165) is 44.5 Å². The van der Waals surface area contributed by atoms with Gasteiger partial charge in [0.1, 0.15) is 12.2 Å². The third kappa shape index (κ3) is 4.41. The van der Waals surface area contributed by atoms with Gasteiger partial charge >= 0.3 is 0 Å². The molecular weight excluding hydrogens is 226 g/mol. The molecule has 0 aliphatic carbocycles. The number of hydrogen-bond donors (Lipinski definition) is 1. The van der Waals surface area contributed by atoms with Crippen molar-refractivity contribution in [1.29, 1.82) is 0 Å². The molecule has 0 aliphatic rings. The lowest BCUT2D eigenvalue weighted by Crippen LogP contribution is -2.25. The Morgan fingerprint density at radius 3 is 2.39 bits per heavy atom. The van der Waals surface area contributed by atoms with Gasteiger partial charge in [0, 0.05) is 13.0 Å². The molecule has 4 nitrogen and oxygen atoms in total. The highest BCUT2D eigenvalue weighted by molar-refractivity contribution is 4.89. The van der Waals surface area contributed by atoms with Gasteiger partial charge < -0.3 is 5.11 Å². The Labute approximate surface area is 110 Å². The molecule has 0 saturated heterocycles. The standard InChI is InChI=1S/C14H27N3O/c1-4-7-12(8-5-2)13(18)10-14-15-11-16-17(14)9-6-3/h11-13,18H,4-10H2,1-3H3. The van der Waals surface area contributed by atoms with Crippen LogP contribution in [-0.4, -0.2) is 26.0 Å². The summed E-state index contributed by atoms with van der Waals surface area (Å²) in [6, 6.07) is 0. The maximum Gasteiger partial charge on any atom is 0.138 e. The van der Waals surface area contributed by atoms with Crippen molar-refractivity contribution in [2.75, 3.05) is 0 Å². The van der Waals surface area contributed by atoms with E-state index in [-0.39, 0.29) is 6.10 Å². The Morgan fingerprint density at radius 1 is 1.17 bits per heavy atom. The Balaban J connectivity index is 2.60. The van der Waals surface area contributed by atoms with Crippen LogP contribution >= 0.6 is 0 Å². The molecular formula is C14H27N3O. The number of aryl methyl sites for hydroxylation is 1. The van der Waals surface area contributed by atoms with Gasteiger partial charge in [0.2, 0.25) is 0 Å². The second kappa shape index (κ2) is 8.25. The van der Waals surface area contributed by atoms with E-state index < -0.39 is 0 Å². The van der Waals surface area contributed by atoms with E-state index in [4.69, 9.17) is 0 Å². The number of aromatic nitrogens is 3. The molecule has 1 unspecified atom stereocenters. The van der Waals surface area contributed by atoms with Crippen LogP contribution in [0.15, 0.2) is 6.33 Å². The van der Waals surface area contributed by atoms with E-state index in [2.05, 4.69) is 30.9 Å². The SMILES string of the molecule is CCCC(CCC)C(O)Cc1ncnn1CCC. The van der Waals surface area contributed by atoms with E-state index in [9.17, 15) is 5.11 Å². The van der Waals surface area contributed by atoms with Crippen molar-refractivity contribution >= 4 is 0 Å². The average Bonchev–Trinajstić information content (AvgIpc) is 2.77. The van der Waals surface area contributed by atoms with Gasteiger partial charge in [-0.1, -0.05) is 33.6 Å². The van der Waals surface area contributed by atoms with E-state index >= 15 is 0 Å². The minimum Gasteiger partial charge on any atom is -0.392 e. The Bertz CT molecular complexity index is 319. The molecule has 0 radical (unpaired) electrons. The van der Waals surface area contributed by atoms with Gasteiger partial charge in [-0.25, -0.2) is 4.98 Å². The minimum absolute atomic E-state index is 0.287. The molecule has 1 atom stereocenters. The van der Waals surface area contributed by atoms with Crippen LogP contribution < -0.4 is 0 Å². The van der Waals surface area contributed by atoms with E-state index in [0.29, 0.717) is 12.3 Å². The highest BCUT2D eigenvalue weighted by Gasteiger charge is 2.20. The predicted molar refractivity (Wildman–Crippen MR) is 73.3 cm³/mol. The molecule has 0 spiro atoms. The first kappa shape index (κ1) is 15.2. The first-order valence-corrected chi connectivity index (χ1v) is 7.27. The number of nitrogens with zero attached hydrogens (tertiary/aromatic N) is 3. The maximum atomic E-state index is 10.4. The average molecular weight is 253 g/mol. The Kier molecular flexibility index (Phi) is 6.94. The van der Waals surface area contributed by atoms with Gasteiger partial charge in [0.25, 0.3) is 0 Å². The first-order valence-electron chi connectivity index (χ1n) is 7.27. The lowest BCUT2D eigenvalue weighted by Gasteiger charge is -2.21. The number of aliphatic hydroxyl groups excluding tert-OH is 1. The molecule has 1 heterocycles. The zero-order valence-electron chi connectivity index (χ0n) is 12.0. The Hall–Kier alpha value is -0.900. The third-order valence-electron chi connectivity index (χ3n) is 3.39. The van der Waals surface area contributed by atoms with Crippen LogP contribution in [0.3, 0.4) is 0 Å². The van der Waals surface area contributed by atoms with E-state index in [1.54, 1.807) is 6.33 Å². The van der Waals surface area contributed by atoms with Crippen LogP contribution in [0.5, 0.6) is 0 Å². The van der Waals surface area contributed by atoms with Crippen LogP contribution in [-0.2, 0) is 13.0 Å². The summed E-state index contributed by atoms with van der Waals surface area (Å²) < 4.78 is 1.91. The van der Waals surface area contributed by atoms with Crippen molar-refractivity contribution in [2.45, 2.75) is 71.9 Å². The van der Waals surface area contributed by atoms with Gasteiger partial charge in [-0.05, 0) is 25.2 Å². The second-order valence-corrected chi connectivity index (χ2v) is 5.01. The molecule has 0 fully saturated rings. The van der Waals surface area contributed by atoms with Gasteiger partial charge in [-0.2, -0.15) is 5.10 Å². The van der Waals surface area contributed by atoms with Gasteiger partial charge in [-0.3, -0.25) is 4.68 Å². The lowest BCUT2D eigenvalue weighted by molar-refractivity contribution is 0.0933. The van der Waals surface area contributed by atoms with Gasteiger partial charge in [0.15, 0.2) is 0 Å². The van der Waals surface area contributed by atoms with Gasteiger partial charge in [0.05, 0.1) is 6.10 Å². The molecule has 0 aliphatic heterocycles. The first-order chi connectivity index (χ1) is 8.72. The number of hydrogen-bond acceptors (Lipinski definition) is 3. The molecule has 0 saturated carbocycles. The monoisotopic (exact) mass is 253 g/mol. The molecule has 18 heavy (non-hydrogen) atoms. The van der Waals surface area contributed by atoms with Crippen molar-refractivity contribution in [3.05, 3.63) is 12.2 Å². The van der Waals surface area contributed by atoms with E-state index in [1.807, 2.05) is 4.68 Å². The smallest absolute Gasteiger partial charge is 0.138 e. The number of rotatable bonds is 9. The number of aliphatic hydroxyl groups is 1. The summed E-state index contributed by atoms with van der Waals surface area (Å²) in [5.41, 5.74) is 0. The van der Waals surface area contributed by atoms with Crippen molar-refractivity contribution in [3.63, 3.8) is 0 Å². The minimum atomic E-state index is -0.287. The maximum absolute atomic E-state index is 10.4. The summed E-state index contributed by atoms with van der Waals surface area (Å²) in [6.07, 6.45) is 7.42. The molecule has 0 bridgehead atoms. The fourth-order valence-corrected chi connectivity index (χ4v) is 2.47. The molecule has 0 aromatic carbocycles. The topological polar surface area (TPSA) is 50.9 Å². The van der Waals surface area contributed by atoms with Gasteiger partial charge in [-0.15, -0.1) is 0 Å². The summed E-state index contributed by atoms with van der Waals surface area (Å²) >= 11 is 0. The van der Waals surface area contributed by atoms with E-state index in [1.165, 1.54) is 0 Å². The molecule has 1 N–H and O–H groups in total. The largest absolute Gasteiger partial charge is 0.392 e. The fraction of sp³-hybridized carbons (Fsp3) is 0.857. The van der Waals surface area contributed by atoms with Crippen LogP contribution in [0, 0.1) is 5.92 Å². The third-order valence-corrected chi connectivity index (χ3v) is 3.39. The molecule has 4 heteroatoms. The lowest BCUT2D eigenvalue weighted by atomic mass is 9.90. The zero-order chi connectivity index (χ0) is 13.4. The van der Waals surface area contributed by atoms with Crippen LogP contribution in [0.2, 0.25) is 0 Å². The van der Waals surface area contributed by atoms with Crippen molar-refractivity contribution in [1.82, 2.24) is 14.8 Å². The van der Waals surface area contributed by atoms with Crippen LogP contribution in [0.1, 0.15) is 58.7 Å². The fourth-order valence-electron chi connectivity index (χ4n) is 2.47. The normalized spacial score (nSPS) is 13.2. The summed E-state index contributed by atoms with van der Waals surface area (Å²) in [6.45, 7) is 7.36. The molecule has 0 amide bonds. The van der Waals surface area contributed by atoms with Crippen molar-refractivity contribution in [3.8, 4) is 0 Å².